The molecular weight excluding hydrogens is 303 g/mol. The van der Waals surface area contributed by atoms with Crippen molar-refractivity contribution in [3.63, 3.8) is 0 Å². The molecule has 0 spiro atoms. The van der Waals surface area contributed by atoms with E-state index >= 15 is 0 Å². The molecule has 2 rings (SSSR count). The Hall–Kier alpha value is -1.23. The van der Waals surface area contributed by atoms with E-state index in [1.54, 1.807) is 11.8 Å². The lowest BCUT2D eigenvalue weighted by Gasteiger charge is -2.09. The molecule has 0 saturated carbocycles. The molecule has 0 fully saturated rings. The van der Waals surface area contributed by atoms with E-state index in [-0.39, 0.29) is 16.1 Å². The molecule has 0 bridgehead atoms. The molecule has 0 radical (unpaired) electrons. The third kappa shape index (κ3) is 3.41. The number of aromatic nitrogens is 1. The van der Waals surface area contributed by atoms with Gasteiger partial charge in [-0.3, -0.25) is 4.79 Å². The number of hydrogen-bond donors (Lipinski definition) is 1. The lowest BCUT2D eigenvalue weighted by atomic mass is 10.2. The number of pyridine rings is 1. The summed E-state index contributed by atoms with van der Waals surface area (Å²) in [5, 5.41) is 3.26. The van der Waals surface area contributed by atoms with E-state index in [9.17, 15) is 4.79 Å². The summed E-state index contributed by atoms with van der Waals surface area (Å²) in [4.78, 5) is 16.9. The predicted octanol–water partition coefficient (Wildman–Crippen LogP) is 4.36. The molecule has 0 saturated heterocycles. The number of nitrogens with zero attached hydrogens (tertiary/aromatic N) is 1. The highest BCUT2D eigenvalue weighted by atomic mass is 35.5. The quantitative estimate of drug-likeness (QED) is 0.676. The number of anilines is 1. The van der Waals surface area contributed by atoms with Crippen molar-refractivity contribution >= 4 is 46.6 Å². The van der Waals surface area contributed by atoms with Crippen LogP contribution < -0.4 is 5.32 Å². The fraction of sp³-hybridized carbons (Fsp3) is 0.0769. The molecule has 1 aromatic heterocycles. The van der Waals surface area contributed by atoms with Crippen molar-refractivity contribution in [3.8, 4) is 0 Å². The van der Waals surface area contributed by atoms with E-state index in [1.165, 1.54) is 12.3 Å². The molecule has 2 aromatic rings. The Bertz CT molecular complexity index is 619. The van der Waals surface area contributed by atoms with E-state index in [2.05, 4.69) is 10.3 Å². The molecule has 1 N–H and O–H groups in total. The van der Waals surface area contributed by atoms with Crippen molar-refractivity contribution in [2.45, 2.75) is 4.90 Å². The summed E-state index contributed by atoms with van der Waals surface area (Å²) in [6, 6.07) is 9.06. The largest absolute Gasteiger partial charge is 0.321 e. The van der Waals surface area contributed by atoms with Crippen LogP contribution in [0.1, 0.15) is 10.4 Å². The third-order valence-corrected chi connectivity index (χ3v) is 3.90. The molecule has 6 heteroatoms. The lowest BCUT2D eigenvalue weighted by Crippen LogP contribution is -2.12. The Labute approximate surface area is 125 Å². The highest BCUT2D eigenvalue weighted by Gasteiger charge is 2.11. The number of rotatable bonds is 3. The highest BCUT2D eigenvalue weighted by molar-refractivity contribution is 7.98. The number of carbonyl (C=O) groups excluding carboxylic acids is 1. The maximum Gasteiger partial charge on any atom is 0.257 e. The second kappa shape index (κ2) is 6.28. The highest BCUT2D eigenvalue weighted by Crippen LogP contribution is 2.25. The van der Waals surface area contributed by atoms with Gasteiger partial charge in [0.05, 0.1) is 16.3 Å². The standard InChI is InChI=1S/C13H10Cl2N2OS/c1-19-11-5-3-2-4-10(11)17-13(18)8-6-9(14)12(15)16-7-8/h2-7H,1H3,(H,17,18). The van der Waals surface area contributed by atoms with Gasteiger partial charge in [-0.15, -0.1) is 11.8 Å². The molecule has 19 heavy (non-hydrogen) atoms. The first-order valence-corrected chi connectivity index (χ1v) is 7.35. The monoisotopic (exact) mass is 312 g/mol. The average molecular weight is 313 g/mol. The second-order valence-electron chi connectivity index (χ2n) is 3.65. The molecule has 1 amide bonds. The summed E-state index contributed by atoms with van der Waals surface area (Å²) >= 11 is 13.1. The van der Waals surface area contributed by atoms with Gasteiger partial charge in [0, 0.05) is 11.1 Å². The van der Waals surface area contributed by atoms with Crippen molar-refractivity contribution in [2.75, 3.05) is 11.6 Å². The molecule has 0 aliphatic carbocycles. The second-order valence-corrected chi connectivity index (χ2v) is 5.26. The van der Waals surface area contributed by atoms with Crippen LogP contribution in [0, 0.1) is 0 Å². The van der Waals surface area contributed by atoms with E-state index in [0.717, 1.165) is 10.6 Å². The van der Waals surface area contributed by atoms with Crippen LogP contribution in [-0.4, -0.2) is 17.1 Å². The minimum atomic E-state index is -0.271. The van der Waals surface area contributed by atoms with Crippen molar-refractivity contribution in [2.24, 2.45) is 0 Å². The molecule has 0 atom stereocenters. The van der Waals surface area contributed by atoms with Crippen LogP contribution in [0.3, 0.4) is 0 Å². The van der Waals surface area contributed by atoms with Crippen LogP contribution in [0.15, 0.2) is 41.4 Å². The van der Waals surface area contributed by atoms with Gasteiger partial charge >= 0.3 is 0 Å². The summed E-state index contributed by atoms with van der Waals surface area (Å²) in [5.41, 5.74) is 1.12. The summed E-state index contributed by atoms with van der Waals surface area (Å²) in [5.74, 6) is -0.271. The average Bonchev–Trinajstić information content (AvgIpc) is 2.42. The van der Waals surface area contributed by atoms with Crippen molar-refractivity contribution in [1.29, 1.82) is 0 Å². The molecular formula is C13H10Cl2N2OS. The first-order chi connectivity index (χ1) is 9.11. The maximum absolute atomic E-state index is 12.1. The van der Waals surface area contributed by atoms with E-state index in [4.69, 9.17) is 23.2 Å². The van der Waals surface area contributed by atoms with Gasteiger partial charge in [0.15, 0.2) is 0 Å². The number of nitrogens with one attached hydrogen (secondary N) is 1. The normalized spacial score (nSPS) is 10.3. The number of carbonyl (C=O) groups is 1. The van der Waals surface area contributed by atoms with E-state index in [1.807, 2.05) is 30.5 Å². The topological polar surface area (TPSA) is 42.0 Å². The first-order valence-electron chi connectivity index (χ1n) is 5.37. The predicted molar refractivity (Wildman–Crippen MR) is 80.4 cm³/mol. The van der Waals surface area contributed by atoms with Crippen LogP contribution >= 0.6 is 35.0 Å². The van der Waals surface area contributed by atoms with Crippen LogP contribution in [0.5, 0.6) is 0 Å². The molecule has 98 valence electrons. The number of halogens is 2. The SMILES string of the molecule is CSc1ccccc1NC(=O)c1cnc(Cl)c(Cl)c1. The Balaban J connectivity index is 2.23. The number of para-hydroxylation sites is 1. The summed E-state index contributed by atoms with van der Waals surface area (Å²) in [7, 11) is 0. The summed E-state index contributed by atoms with van der Waals surface area (Å²) < 4.78 is 0. The zero-order valence-corrected chi connectivity index (χ0v) is 12.3. The molecule has 0 aliphatic heterocycles. The van der Waals surface area contributed by atoms with Crippen molar-refractivity contribution in [3.05, 3.63) is 52.3 Å². The summed E-state index contributed by atoms with van der Waals surface area (Å²) in [6.45, 7) is 0. The van der Waals surface area contributed by atoms with Gasteiger partial charge < -0.3 is 5.32 Å². The molecule has 1 heterocycles. The number of hydrogen-bond acceptors (Lipinski definition) is 3. The van der Waals surface area contributed by atoms with Crippen molar-refractivity contribution in [1.82, 2.24) is 4.98 Å². The van der Waals surface area contributed by atoms with Crippen LogP contribution in [0.4, 0.5) is 5.69 Å². The zero-order valence-electron chi connectivity index (χ0n) is 9.98. The van der Waals surface area contributed by atoms with Crippen molar-refractivity contribution < 1.29 is 4.79 Å². The first kappa shape index (κ1) is 14.2. The Kier molecular flexibility index (Phi) is 4.69. The van der Waals surface area contributed by atoms with E-state index < -0.39 is 0 Å². The molecule has 3 nitrogen and oxygen atoms in total. The number of amides is 1. The lowest BCUT2D eigenvalue weighted by molar-refractivity contribution is 0.102. The maximum atomic E-state index is 12.1. The molecule has 0 aliphatic rings. The fourth-order valence-electron chi connectivity index (χ4n) is 1.49. The third-order valence-electron chi connectivity index (χ3n) is 2.41. The molecule has 0 unspecified atom stereocenters. The Morgan fingerprint density at radius 2 is 2.05 bits per heavy atom. The van der Waals surface area contributed by atoms with Gasteiger partial charge in [0.2, 0.25) is 0 Å². The van der Waals surface area contributed by atoms with Crippen LogP contribution in [0.2, 0.25) is 10.2 Å². The minimum absolute atomic E-state index is 0.183. The molecule has 1 aromatic carbocycles. The van der Waals surface area contributed by atoms with Gasteiger partial charge in [-0.05, 0) is 24.5 Å². The van der Waals surface area contributed by atoms with Gasteiger partial charge in [0.25, 0.3) is 5.91 Å². The number of thioether (sulfide) groups is 1. The van der Waals surface area contributed by atoms with Gasteiger partial charge in [-0.2, -0.15) is 0 Å². The van der Waals surface area contributed by atoms with E-state index in [0.29, 0.717) is 5.56 Å². The Morgan fingerprint density at radius 1 is 1.32 bits per heavy atom. The number of benzene rings is 1. The smallest absolute Gasteiger partial charge is 0.257 e. The van der Waals surface area contributed by atoms with Crippen LogP contribution in [0.25, 0.3) is 0 Å². The van der Waals surface area contributed by atoms with Gasteiger partial charge in [-0.25, -0.2) is 4.98 Å². The van der Waals surface area contributed by atoms with Gasteiger partial charge in [-0.1, -0.05) is 35.3 Å². The Morgan fingerprint density at radius 3 is 2.74 bits per heavy atom. The summed E-state index contributed by atoms with van der Waals surface area (Å²) in [6.07, 6.45) is 3.34. The van der Waals surface area contributed by atoms with Gasteiger partial charge in [0.1, 0.15) is 5.15 Å². The van der Waals surface area contributed by atoms with Crippen LogP contribution in [-0.2, 0) is 0 Å². The minimum Gasteiger partial charge on any atom is -0.321 e. The zero-order chi connectivity index (χ0) is 13.8. The fourth-order valence-corrected chi connectivity index (χ4v) is 2.31.